The van der Waals surface area contributed by atoms with Crippen LogP contribution in [0.25, 0.3) is 0 Å². The van der Waals surface area contributed by atoms with Crippen LogP contribution in [0.1, 0.15) is 6.42 Å². The minimum absolute atomic E-state index is 0.0147. The van der Waals surface area contributed by atoms with Gasteiger partial charge in [-0.05, 0) is 24.3 Å². The Kier molecular flexibility index (Phi) is 8.10. The number of nitrogens with zero attached hydrogens (tertiary/aromatic N) is 3. The van der Waals surface area contributed by atoms with E-state index >= 15 is 0 Å². The van der Waals surface area contributed by atoms with E-state index in [2.05, 4.69) is 23.4 Å². The highest BCUT2D eigenvalue weighted by molar-refractivity contribution is 5.81. The third-order valence-corrected chi connectivity index (χ3v) is 2.26. The van der Waals surface area contributed by atoms with E-state index in [1.54, 1.807) is 0 Å². The molecule has 126 valence electrons. The van der Waals surface area contributed by atoms with E-state index in [-0.39, 0.29) is 35.3 Å². The van der Waals surface area contributed by atoms with Crippen molar-refractivity contribution in [3.8, 4) is 5.75 Å². The molecule has 0 amide bonds. The Morgan fingerprint density at radius 3 is 2.57 bits per heavy atom. The highest BCUT2D eigenvalue weighted by Gasteiger charge is 2.01. The number of anilines is 1. The summed E-state index contributed by atoms with van der Waals surface area (Å²) in [4.78, 5) is 24.5. The van der Waals surface area contributed by atoms with Crippen LogP contribution in [0, 0.1) is 10.4 Å². The molecule has 0 aromatic heterocycles. The number of carbonyl (C=O) groups excluding carboxylic acids is 1. The molecule has 0 unspecified atom stereocenters. The lowest BCUT2D eigenvalue weighted by atomic mass is 10.3. The average Bonchev–Trinajstić information content (AvgIpc) is 2.55. The first-order valence-corrected chi connectivity index (χ1v) is 6.34. The topological polar surface area (TPSA) is 119 Å². The first kappa shape index (κ1) is 18.4. The van der Waals surface area contributed by atoms with Gasteiger partial charge in [-0.25, -0.2) is 10.0 Å². The molecule has 0 spiro atoms. The van der Waals surface area contributed by atoms with Crippen LogP contribution in [0.3, 0.4) is 0 Å². The monoisotopic (exact) mass is 325 g/mol. The van der Waals surface area contributed by atoms with Gasteiger partial charge >= 0.3 is 5.97 Å². The van der Waals surface area contributed by atoms with Gasteiger partial charge in [0.2, 0.25) is 0 Å². The molecule has 0 fully saturated rings. The van der Waals surface area contributed by atoms with Crippen molar-refractivity contribution in [2.45, 2.75) is 6.42 Å². The fourth-order valence-electron chi connectivity index (χ4n) is 1.27. The van der Waals surface area contributed by atoms with Crippen molar-refractivity contribution in [3.05, 3.63) is 47.3 Å². The molecule has 0 atom stereocenters. The van der Waals surface area contributed by atoms with Crippen LogP contribution in [-0.4, -0.2) is 31.3 Å². The van der Waals surface area contributed by atoms with Crippen molar-refractivity contribution < 1.29 is 24.1 Å². The molecule has 0 aliphatic heterocycles. The number of oxime groups is 1. The van der Waals surface area contributed by atoms with Gasteiger partial charge in [0.15, 0.2) is 0 Å². The lowest BCUT2D eigenvalue weighted by Crippen LogP contribution is -2.22. The number of benzene rings is 1. The zero-order valence-electron chi connectivity index (χ0n) is 12.1. The highest BCUT2D eigenvalue weighted by atomic mass is 17.1. The van der Waals surface area contributed by atoms with Gasteiger partial charge in [-0.15, -0.1) is 0 Å². The molecule has 0 radical (unpaired) electrons. The standard InChI is InChI=1S/C13H15N3O7/c1-3-13(17)20-9-4-10-21-16(19)22-12-7-5-11(6-8-12)15(18)23-14-2/h3,5-8H,1-2,4,9-10H2/q-2. The minimum atomic E-state index is -0.552. The smallest absolute Gasteiger partial charge is 0.330 e. The van der Waals surface area contributed by atoms with E-state index in [0.29, 0.717) is 6.42 Å². The lowest BCUT2D eigenvalue weighted by molar-refractivity contribution is -0.283. The van der Waals surface area contributed by atoms with E-state index in [1.165, 1.54) is 24.3 Å². The second-order valence-electron chi connectivity index (χ2n) is 3.84. The molecule has 0 N–H and O–H groups in total. The Hall–Kier alpha value is -2.66. The molecule has 0 saturated heterocycles. The van der Waals surface area contributed by atoms with Crippen LogP contribution in [-0.2, 0) is 19.3 Å². The van der Waals surface area contributed by atoms with Crippen LogP contribution in [0.2, 0.25) is 0 Å². The summed E-state index contributed by atoms with van der Waals surface area (Å²) in [7, 11) is 0. The lowest BCUT2D eigenvalue weighted by Gasteiger charge is -2.27. The van der Waals surface area contributed by atoms with E-state index < -0.39 is 5.97 Å². The van der Waals surface area contributed by atoms with Crippen LogP contribution < -0.4 is 10.1 Å². The second kappa shape index (κ2) is 10.1. The maximum absolute atomic E-state index is 11.3. The maximum Gasteiger partial charge on any atom is 0.330 e. The Morgan fingerprint density at radius 2 is 1.96 bits per heavy atom. The van der Waals surface area contributed by atoms with Crippen LogP contribution in [0.5, 0.6) is 5.75 Å². The van der Waals surface area contributed by atoms with Gasteiger partial charge in [-0.1, -0.05) is 17.1 Å². The first-order valence-electron chi connectivity index (χ1n) is 6.34. The quantitative estimate of drug-likeness (QED) is 0.197. The Morgan fingerprint density at radius 1 is 1.26 bits per heavy atom. The summed E-state index contributed by atoms with van der Waals surface area (Å²) in [6.45, 7) is 6.32. The third kappa shape index (κ3) is 7.24. The number of esters is 1. The van der Waals surface area contributed by atoms with Gasteiger partial charge in [0.1, 0.15) is 5.75 Å². The molecule has 0 bridgehead atoms. The zero-order chi connectivity index (χ0) is 17.1. The zero-order valence-corrected chi connectivity index (χ0v) is 12.1. The van der Waals surface area contributed by atoms with Crippen molar-refractivity contribution in [2.24, 2.45) is 5.16 Å². The summed E-state index contributed by atoms with van der Waals surface area (Å²) >= 11 is 0. The molecule has 0 aliphatic carbocycles. The number of carbonyl (C=O) groups is 1. The number of hydrogen-bond donors (Lipinski definition) is 0. The van der Waals surface area contributed by atoms with E-state index in [4.69, 9.17) is 14.4 Å². The predicted octanol–water partition coefficient (Wildman–Crippen LogP) is 1.68. The van der Waals surface area contributed by atoms with Gasteiger partial charge in [0, 0.05) is 19.2 Å². The summed E-state index contributed by atoms with van der Waals surface area (Å²) in [6.07, 6.45) is 1.34. The molecule has 10 nitrogen and oxygen atoms in total. The van der Waals surface area contributed by atoms with Gasteiger partial charge in [0.05, 0.1) is 18.9 Å². The van der Waals surface area contributed by atoms with Crippen molar-refractivity contribution >= 4 is 18.4 Å². The minimum Gasteiger partial charge on any atom is -0.728 e. The molecule has 0 heterocycles. The first-order chi connectivity index (χ1) is 11.1. The molecule has 1 aromatic rings. The van der Waals surface area contributed by atoms with Crippen molar-refractivity contribution in [1.29, 1.82) is 0 Å². The van der Waals surface area contributed by atoms with Gasteiger partial charge < -0.3 is 20.0 Å². The van der Waals surface area contributed by atoms with E-state index in [9.17, 15) is 15.2 Å². The molecule has 1 aromatic carbocycles. The van der Waals surface area contributed by atoms with Gasteiger partial charge in [0.25, 0.3) is 0 Å². The molecular formula is C13H15N3O7-2. The fraction of sp³-hybridized carbons (Fsp3) is 0.231. The Labute approximate surface area is 132 Å². The molecule has 1 rings (SSSR count). The fourth-order valence-corrected chi connectivity index (χ4v) is 1.27. The average molecular weight is 325 g/mol. The van der Waals surface area contributed by atoms with E-state index in [1.807, 2.05) is 0 Å². The van der Waals surface area contributed by atoms with Gasteiger partial charge in [-0.2, -0.15) is 0 Å². The molecule has 23 heavy (non-hydrogen) atoms. The summed E-state index contributed by atoms with van der Waals surface area (Å²) in [6, 6.07) is 5.39. The third-order valence-electron chi connectivity index (χ3n) is 2.26. The summed E-state index contributed by atoms with van der Waals surface area (Å²) in [5, 5.41) is 25.5. The second-order valence-corrected chi connectivity index (χ2v) is 3.84. The van der Waals surface area contributed by atoms with Crippen molar-refractivity contribution in [1.82, 2.24) is 5.39 Å². The maximum atomic E-state index is 11.3. The molecule has 0 aliphatic rings. The SMILES string of the molecule is C=CC(=O)OCCCON([O-])Oc1ccc(N([O-])ON=C)cc1. The molecular weight excluding hydrogens is 310 g/mol. The number of ether oxygens (including phenoxy) is 1. The van der Waals surface area contributed by atoms with Crippen LogP contribution >= 0.6 is 0 Å². The highest BCUT2D eigenvalue weighted by Crippen LogP contribution is 2.19. The summed E-state index contributed by atoms with van der Waals surface area (Å²) in [5.41, 5.74) is 0.132. The summed E-state index contributed by atoms with van der Waals surface area (Å²) in [5.74, 6) is -0.412. The van der Waals surface area contributed by atoms with Crippen LogP contribution in [0.4, 0.5) is 5.69 Å². The predicted molar refractivity (Wildman–Crippen MR) is 80.5 cm³/mol. The van der Waals surface area contributed by atoms with Crippen molar-refractivity contribution in [3.63, 3.8) is 0 Å². The number of hydrogen-bond acceptors (Lipinski definition) is 10. The van der Waals surface area contributed by atoms with Crippen LogP contribution in [0.15, 0.2) is 42.1 Å². The number of rotatable bonds is 11. The Bertz CT molecular complexity index is 509. The normalized spacial score (nSPS) is 10.0. The molecule has 10 heteroatoms. The molecule has 0 saturated carbocycles. The summed E-state index contributed by atoms with van der Waals surface area (Å²) < 4.78 is 4.69. The Balaban J connectivity index is 2.28. The van der Waals surface area contributed by atoms with Gasteiger partial charge in [-0.3, -0.25) is 9.78 Å². The largest absolute Gasteiger partial charge is 0.728 e. The van der Waals surface area contributed by atoms with Crippen molar-refractivity contribution in [2.75, 3.05) is 18.4 Å². The van der Waals surface area contributed by atoms with E-state index in [0.717, 1.165) is 6.08 Å².